The molecule has 0 fully saturated rings. The van der Waals surface area contributed by atoms with Crippen molar-refractivity contribution in [2.24, 2.45) is 0 Å². The molecule has 0 aliphatic carbocycles. The number of nitrogens with zero attached hydrogens (tertiary/aromatic N) is 2. The molecular weight excluding hydrogens is 204 g/mol. The molecule has 82 valence electrons. The summed E-state index contributed by atoms with van der Waals surface area (Å²) in [5.41, 5.74) is 2.93. The Bertz CT molecular complexity index is 463. The fraction of sp³-hybridized carbons (Fsp3) is 0.333. The zero-order chi connectivity index (χ0) is 11.5. The van der Waals surface area contributed by atoms with Gasteiger partial charge in [0, 0.05) is 13.1 Å². The Hall–Kier alpha value is -1.86. The van der Waals surface area contributed by atoms with Crippen LogP contribution in [-0.2, 0) is 17.8 Å². The summed E-state index contributed by atoms with van der Waals surface area (Å²) in [5.74, 6) is -0.806. The highest BCUT2D eigenvalue weighted by Gasteiger charge is 2.18. The Labute approximate surface area is 93.7 Å². The molecule has 0 bridgehead atoms. The second-order valence-electron chi connectivity index (χ2n) is 3.95. The van der Waals surface area contributed by atoms with Crippen molar-refractivity contribution >= 4 is 5.97 Å². The molecule has 0 unspecified atom stereocenters. The van der Waals surface area contributed by atoms with E-state index in [1.165, 1.54) is 5.56 Å². The van der Waals surface area contributed by atoms with Gasteiger partial charge in [0.05, 0.1) is 18.2 Å². The van der Waals surface area contributed by atoms with Crippen molar-refractivity contribution in [3.8, 4) is 6.07 Å². The largest absolute Gasteiger partial charge is 0.480 e. The van der Waals surface area contributed by atoms with E-state index in [1.807, 2.05) is 23.1 Å². The maximum atomic E-state index is 10.6. The molecule has 0 saturated carbocycles. The minimum Gasteiger partial charge on any atom is -0.480 e. The molecule has 1 heterocycles. The van der Waals surface area contributed by atoms with Crippen LogP contribution < -0.4 is 0 Å². The zero-order valence-corrected chi connectivity index (χ0v) is 8.81. The highest BCUT2D eigenvalue weighted by atomic mass is 16.4. The lowest BCUT2D eigenvalue weighted by atomic mass is 9.98. The van der Waals surface area contributed by atoms with Gasteiger partial charge in [-0.1, -0.05) is 6.07 Å². The number of hydrogen-bond donors (Lipinski definition) is 1. The van der Waals surface area contributed by atoms with E-state index in [2.05, 4.69) is 6.07 Å². The Balaban J connectivity index is 2.19. The molecule has 4 heteroatoms. The average molecular weight is 216 g/mol. The van der Waals surface area contributed by atoms with Gasteiger partial charge in [-0.15, -0.1) is 0 Å². The topological polar surface area (TPSA) is 64.3 Å². The van der Waals surface area contributed by atoms with Crippen molar-refractivity contribution in [1.82, 2.24) is 4.90 Å². The van der Waals surface area contributed by atoms with Crippen molar-refractivity contribution in [3.05, 3.63) is 34.9 Å². The van der Waals surface area contributed by atoms with Gasteiger partial charge >= 0.3 is 5.97 Å². The molecule has 4 nitrogen and oxygen atoms in total. The normalized spacial score (nSPS) is 15.2. The first-order valence-corrected chi connectivity index (χ1v) is 5.15. The predicted octanol–water partition coefficient (Wildman–Crippen LogP) is 1.00. The van der Waals surface area contributed by atoms with Gasteiger partial charge in [-0.25, -0.2) is 0 Å². The van der Waals surface area contributed by atoms with Gasteiger partial charge in [0.15, 0.2) is 0 Å². The van der Waals surface area contributed by atoms with Crippen molar-refractivity contribution in [2.75, 3.05) is 13.1 Å². The molecule has 0 aromatic heterocycles. The molecule has 0 amide bonds. The molecule has 16 heavy (non-hydrogen) atoms. The Morgan fingerprint density at radius 1 is 1.50 bits per heavy atom. The molecular formula is C12H12N2O2. The predicted molar refractivity (Wildman–Crippen MR) is 57.8 cm³/mol. The van der Waals surface area contributed by atoms with Crippen LogP contribution in [0.1, 0.15) is 16.7 Å². The second-order valence-corrected chi connectivity index (χ2v) is 3.95. The fourth-order valence-electron chi connectivity index (χ4n) is 2.01. The molecule has 1 aromatic carbocycles. The molecule has 2 rings (SSSR count). The molecule has 1 aromatic rings. The van der Waals surface area contributed by atoms with Crippen molar-refractivity contribution in [1.29, 1.82) is 5.26 Å². The minimum absolute atomic E-state index is 0.0657. The van der Waals surface area contributed by atoms with Crippen LogP contribution in [0.15, 0.2) is 18.2 Å². The molecule has 1 aliphatic rings. The standard InChI is InChI=1S/C12H12N2O2/c13-6-9-1-2-10-3-4-14(8-12(15)16)7-11(10)5-9/h1-2,5H,3-4,7-8H2,(H,15,16). The number of aliphatic carboxylic acids is 1. The third-order valence-corrected chi connectivity index (χ3v) is 2.79. The summed E-state index contributed by atoms with van der Waals surface area (Å²) >= 11 is 0. The number of carbonyl (C=O) groups is 1. The number of rotatable bonds is 2. The van der Waals surface area contributed by atoms with Crippen LogP contribution in [0.2, 0.25) is 0 Å². The summed E-state index contributed by atoms with van der Waals surface area (Å²) in [5, 5.41) is 17.5. The number of carboxylic acid groups (broad SMARTS) is 1. The summed E-state index contributed by atoms with van der Waals surface area (Å²) in [6.45, 7) is 1.46. The SMILES string of the molecule is N#Cc1ccc2c(c1)CN(CC(=O)O)CC2. The van der Waals surface area contributed by atoms with Gasteiger partial charge < -0.3 is 5.11 Å². The summed E-state index contributed by atoms with van der Waals surface area (Å²) in [6.07, 6.45) is 0.855. The van der Waals surface area contributed by atoms with E-state index in [9.17, 15) is 4.79 Å². The van der Waals surface area contributed by atoms with Gasteiger partial charge in [-0.05, 0) is 29.7 Å². The van der Waals surface area contributed by atoms with Gasteiger partial charge in [0.2, 0.25) is 0 Å². The third kappa shape index (κ3) is 2.20. The first kappa shape index (κ1) is 10.7. The Morgan fingerprint density at radius 2 is 2.31 bits per heavy atom. The van der Waals surface area contributed by atoms with E-state index in [4.69, 9.17) is 10.4 Å². The lowest BCUT2D eigenvalue weighted by molar-refractivity contribution is -0.138. The van der Waals surface area contributed by atoms with E-state index in [0.717, 1.165) is 18.5 Å². The Morgan fingerprint density at radius 3 is 3.00 bits per heavy atom. The second kappa shape index (κ2) is 4.33. The number of carboxylic acids is 1. The van der Waals surface area contributed by atoms with Crippen LogP contribution in [0, 0.1) is 11.3 Å². The fourth-order valence-corrected chi connectivity index (χ4v) is 2.01. The number of hydrogen-bond acceptors (Lipinski definition) is 3. The zero-order valence-electron chi connectivity index (χ0n) is 8.81. The maximum absolute atomic E-state index is 10.6. The molecule has 0 radical (unpaired) electrons. The highest BCUT2D eigenvalue weighted by molar-refractivity contribution is 5.69. The molecule has 1 aliphatic heterocycles. The number of nitriles is 1. The molecule has 0 spiro atoms. The van der Waals surface area contributed by atoms with Crippen LogP contribution in [0.3, 0.4) is 0 Å². The van der Waals surface area contributed by atoms with Crippen LogP contribution >= 0.6 is 0 Å². The van der Waals surface area contributed by atoms with Gasteiger partial charge in [-0.3, -0.25) is 9.69 Å². The molecule has 0 atom stereocenters. The summed E-state index contributed by atoms with van der Waals surface area (Å²) in [7, 11) is 0. The summed E-state index contributed by atoms with van der Waals surface area (Å²) in [6, 6.07) is 7.72. The maximum Gasteiger partial charge on any atom is 0.317 e. The minimum atomic E-state index is -0.806. The highest BCUT2D eigenvalue weighted by Crippen LogP contribution is 2.19. The van der Waals surface area contributed by atoms with Crippen LogP contribution in [0.25, 0.3) is 0 Å². The van der Waals surface area contributed by atoms with E-state index in [0.29, 0.717) is 12.1 Å². The van der Waals surface area contributed by atoms with Gasteiger partial charge in [0.1, 0.15) is 0 Å². The van der Waals surface area contributed by atoms with Crippen molar-refractivity contribution in [3.63, 3.8) is 0 Å². The monoisotopic (exact) mass is 216 g/mol. The lowest BCUT2D eigenvalue weighted by Gasteiger charge is -2.27. The number of fused-ring (bicyclic) bond motifs is 1. The third-order valence-electron chi connectivity index (χ3n) is 2.79. The van der Waals surface area contributed by atoms with Crippen LogP contribution in [0.5, 0.6) is 0 Å². The van der Waals surface area contributed by atoms with Crippen LogP contribution in [-0.4, -0.2) is 29.1 Å². The average Bonchev–Trinajstić information content (AvgIpc) is 2.27. The van der Waals surface area contributed by atoms with E-state index in [-0.39, 0.29) is 6.54 Å². The van der Waals surface area contributed by atoms with Crippen LogP contribution in [0.4, 0.5) is 0 Å². The van der Waals surface area contributed by atoms with E-state index < -0.39 is 5.97 Å². The van der Waals surface area contributed by atoms with E-state index in [1.54, 1.807) is 0 Å². The summed E-state index contributed by atoms with van der Waals surface area (Å²) in [4.78, 5) is 12.5. The first-order chi connectivity index (χ1) is 7.69. The van der Waals surface area contributed by atoms with E-state index >= 15 is 0 Å². The van der Waals surface area contributed by atoms with Gasteiger partial charge in [-0.2, -0.15) is 5.26 Å². The smallest absolute Gasteiger partial charge is 0.317 e. The van der Waals surface area contributed by atoms with Crippen molar-refractivity contribution in [2.45, 2.75) is 13.0 Å². The Kier molecular flexibility index (Phi) is 2.88. The number of benzene rings is 1. The first-order valence-electron chi connectivity index (χ1n) is 5.15. The molecule has 0 saturated heterocycles. The molecule has 1 N–H and O–H groups in total. The lowest BCUT2D eigenvalue weighted by Crippen LogP contribution is -2.34. The quantitative estimate of drug-likeness (QED) is 0.801. The van der Waals surface area contributed by atoms with Gasteiger partial charge in [0.25, 0.3) is 0 Å². The van der Waals surface area contributed by atoms with Crippen molar-refractivity contribution < 1.29 is 9.90 Å². The summed E-state index contributed by atoms with van der Waals surface area (Å²) < 4.78 is 0.